The lowest BCUT2D eigenvalue weighted by atomic mass is 10.1. The molecule has 30 heavy (non-hydrogen) atoms. The number of carbonyl (C=O) groups is 1. The minimum Gasteiger partial charge on any atom is -0.338 e. The minimum absolute atomic E-state index is 0.0628. The second-order valence-corrected chi connectivity index (χ2v) is 9.03. The van der Waals surface area contributed by atoms with Crippen molar-refractivity contribution in [3.63, 3.8) is 0 Å². The molecule has 0 unspecified atom stereocenters. The third kappa shape index (κ3) is 6.28. The van der Waals surface area contributed by atoms with E-state index in [1.807, 2.05) is 25.1 Å². The monoisotopic (exact) mass is 443 g/mol. The predicted molar refractivity (Wildman–Crippen MR) is 116 cm³/mol. The van der Waals surface area contributed by atoms with Gasteiger partial charge < -0.3 is 10.6 Å². The van der Waals surface area contributed by atoms with Crippen LogP contribution in [0.2, 0.25) is 0 Å². The number of carbonyl (C=O) groups excluding carboxylic acids is 1. The number of primary sulfonamides is 1. The number of nitrogens with two attached hydrogens (primary N) is 1. The first kappa shape index (κ1) is 21.8. The maximum Gasteiger partial charge on any atom is 0.319 e. The van der Waals surface area contributed by atoms with Crippen LogP contribution in [0.4, 0.5) is 10.5 Å². The van der Waals surface area contributed by atoms with Gasteiger partial charge >= 0.3 is 6.03 Å². The summed E-state index contributed by atoms with van der Waals surface area (Å²) < 4.78 is 22.5. The molecule has 0 aliphatic carbocycles. The molecule has 0 saturated heterocycles. The first-order chi connectivity index (χ1) is 14.3. The van der Waals surface area contributed by atoms with Gasteiger partial charge in [-0.3, -0.25) is 0 Å². The average molecular weight is 444 g/mol. The smallest absolute Gasteiger partial charge is 0.319 e. The molecule has 156 valence electrons. The Bertz CT molecular complexity index is 1120. The fraction of sp³-hybridized carbons (Fsp3) is 0.150. The van der Waals surface area contributed by atoms with Crippen molar-refractivity contribution >= 4 is 33.5 Å². The van der Waals surface area contributed by atoms with Crippen LogP contribution in [0.5, 0.6) is 0 Å². The summed E-state index contributed by atoms with van der Waals surface area (Å²) >= 11 is 1.45. The van der Waals surface area contributed by atoms with Crippen molar-refractivity contribution in [3.05, 3.63) is 72.1 Å². The second kappa shape index (κ2) is 9.70. The Kier molecular flexibility index (Phi) is 7.03. The molecular formula is C20H21N5O3S2. The number of hydrogen-bond acceptors (Lipinski definition) is 6. The normalized spacial score (nSPS) is 11.1. The van der Waals surface area contributed by atoms with Gasteiger partial charge in [0, 0.05) is 29.5 Å². The summed E-state index contributed by atoms with van der Waals surface area (Å²) in [5.74, 6) is 0. The maximum atomic E-state index is 12.2. The van der Waals surface area contributed by atoms with E-state index in [-0.39, 0.29) is 10.9 Å². The molecule has 0 bridgehead atoms. The Morgan fingerprint density at radius 2 is 1.80 bits per heavy atom. The fourth-order valence-corrected chi connectivity index (χ4v) is 3.94. The lowest BCUT2D eigenvalue weighted by Gasteiger charge is -2.11. The molecule has 0 aliphatic heterocycles. The largest absolute Gasteiger partial charge is 0.338 e. The molecular weight excluding hydrogens is 422 g/mol. The van der Waals surface area contributed by atoms with Crippen LogP contribution in [-0.4, -0.2) is 31.0 Å². The summed E-state index contributed by atoms with van der Waals surface area (Å²) in [5.41, 5.74) is 2.52. The third-order valence-electron chi connectivity index (χ3n) is 4.15. The van der Waals surface area contributed by atoms with Crippen molar-refractivity contribution in [1.29, 1.82) is 0 Å². The Morgan fingerprint density at radius 1 is 1.10 bits per heavy atom. The topological polar surface area (TPSA) is 127 Å². The van der Waals surface area contributed by atoms with Crippen LogP contribution in [0.3, 0.4) is 0 Å². The third-order valence-corrected chi connectivity index (χ3v) is 5.96. The highest BCUT2D eigenvalue weighted by Crippen LogP contribution is 2.27. The van der Waals surface area contributed by atoms with E-state index in [2.05, 4.69) is 20.6 Å². The quantitative estimate of drug-likeness (QED) is 0.482. The van der Waals surface area contributed by atoms with Crippen LogP contribution in [0, 0.1) is 6.92 Å². The summed E-state index contributed by atoms with van der Waals surface area (Å²) in [5, 5.41) is 11.4. The zero-order chi connectivity index (χ0) is 21.6. The lowest BCUT2D eigenvalue weighted by Crippen LogP contribution is -2.30. The minimum atomic E-state index is -3.70. The van der Waals surface area contributed by atoms with Gasteiger partial charge in [0.25, 0.3) is 0 Å². The first-order valence-electron chi connectivity index (χ1n) is 9.03. The number of amides is 2. The molecule has 0 atom stereocenters. The molecule has 0 fully saturated rings. The molecule has 3 aromatic rings. The lowest BCUT2D eigenvalue weighted by molar-refractivity contribution is 0.252. The van der Waals surface area contributed by atoms with Gasteiger partial charge in [0.2, 0.25) is 10.0 Å². The van der Waals surface area contributed by atoms with Gasteiger partial charge in [0.1, 0.15) is 0 Å². The summed E-state index contributed by atoms with van der Waals surface area (Å²) in [6.07, 6.45) is 3.94. The van der Waals surface area contributed by atoms with Crippen molar-refractivity contribution in [3.8, 4) is 0 Å². The van der Waals surface area contributed by atoms with Crippen molar-refractivity contribution < 1.29 is 13.2 Å². The molecule has 10 heteroatoms. The molecule has 2 amide bonds. The van der Waals surface area contributed by atoms with Crippen molar-refractivity contribution in [2.75, 3.05) is 11.9 Å². The second-order valence-electron chi connectivity index (χ2n) is 6.43. The SMILES string of the molecule is Cc1cc(Sc2ncccn2)ccc1NC(=O)NCCc1ccc(S(N)(=O)=O)cc1. The van der Waals surface area contributed by atoms with E-state index in [4.69, 9.17) is 5.14 Å². The molecule has 0 saturated carbocycles. The van der Waals surface area contributed by atoms with E-state index >= 15 is 0 Å². The van der Waals surface area contributed by atoms with Gasteiger partial charge in [-0.15, -0.1) is 0 Å². The first-order valence-corrected chi connectivity index (χ1v) is 11.4. The maximum absolute atomic E-state index is 12.2. The Balaban J connectivity index is 1.50. The Morgan fingerprint density at radius 3 is 2.43 bits per heavy atom. The van der Waals surface area contributed by atoms with Crippen LogP contribution in [0.25, 0.3) is 0 Å². The average Bonchev–Trinajstić information content (AvgIpc) is 2.71. The number of aryl methyl sites for hydroxylation is 1. The van der Waals surface area contributed by atoms with E-state index < -0.39 is 10.0 Å². The van der Waals surface area contributed by atoms with Gasteiger partial charge in [-0.25, -0.2) is 28.3 Å². The number of anilines is 1. The predicted octanol–water partition coefficient (Wildman–Crippen LogP) is 2.95. The van der Waals surface area contributed by atoms with Gasteiger partial charge in [-0.2, -0.15) is 0 Å². The van der Waals surface area contributed by atoms with Gasteiger partial charge in [0.05, 0.1) is 4.90 Å². The molecule has 0 radical (unpaired) electrons. The Labute approximate surface area is 179 Å². The summed E-state index contributed by atoms with van der Waals surface area (Å²) in [6.45, 7) is 2.32. The number of urea groups is 1. The number of nitrogens with one attached hydrogen (secondary N) is 2. The highest BCUT2D eigenvalue weighted by molar-refractivity contribution is 7.99. The van der Waals surface area contributed by atoms with E-state index in [0.29, 0.717) is 23.8 Å². The summed E-state index contributed by atoms with van der Waals surface area (Å²) in [7, 11) is -3.70. The number of aromatic nitrogens is 2. The number of rotatable bonds is 7. The van der Waals surface area contributed by atoms with E-state index in [1.165, 1.54) is 23.9 Å². The van der Waals surface area contributed by atoms with Crippen molar-refractivity contribution in [2.24, 2.45) is 5.14 Å². The molecule has 3 rings (SSSR count). The van der Waals surface area contributed by atoms with Crippen LogP contribution < -0.4 is 15.8 Å². The van der Waals surface area contributed by atoms with Crippen LogP contribution in [0.1, 0.15) is 11.1 Å². The molecule has 1 heterocycles. The van der Waals surface area contributed by atoms with E-state index in [0.717, 1.165) is 16.0 Å². The standard InChI is InChI=1S/C20H21N5O3S2/c1-14-13-16(29-20-23-10-2-11-24-20)5-8-18(14)25-19(26)22-12-9-15-3-6-17(7-4-15)30(21,27)28/h2-8,10-11,13H,9,12H2,1H3,(H2,21,27,28)(H2,22,25,26). The molecule has 2 aromatic carbocycles. The highest BCUT2D eigenvalue weighted by Gasteiger charge is 2.08. The molecule has 4 N–H and O–H groups in total. The molecule has 8 nitrogen and oxygen atoms in total. The molecule has 0 spiro atoms. The molecule has 1 aromatic heterocycles. The highest BCUT2D eigenvalue weighted by atomic mass is 32.2. The zero-order valence-electron chi connectivity index (χ0n) is 16.2. The molecule has 0 aliphatic rings. The van der Waals surface area contributed by atoms with Crippen LogP contribution >= 0.6 is 11.8 Å². The van der Waals surface area contributed by atoms with Crippen LogP contribution in [-0.2, 0) is 16.4 Å². The van der Waals surface area contributed by atoms with Crippen molar-refractivity contribution in [2.45, 2.75) is 28.3 Å². The van der Waals surface area contributed by atoms with Gasteiger partial charge in [-0.1, -0.05) is 12.1 Å². The summed E-state index contributed by atoms with van der Waals surface area (Å²) in [6, 6.07) is 13.4. The fourth-order valence-electron chi connectivity index (χ4n) is 2.62. The Hall–Kier alpha value is -2.95. The number of benzene rings is 2. The summed E-state index contributed by atoms with van der Waals surface area (Å²) in [4.78, 5) is 21.6. The number of nitrogens with zero attached hydrogens (tertiary/aromatic N) is 2. The van der Waals surface area contributed by atoms with Crippen molar-refractivity contribution in [1.82, 2.24) is 15.3 Å². The van der Waals surface area contributed by atoms with Crippen LogP contribution in [0.15, 0.2) is 75.9 Å². The van der Waals surface area contributed by atoms with E-state index in [1.54, 1.807) is 30.6 Å². The van der Waals surface area contributed by atoms with Gasteiger partial charge in [-0.05, 0) is 72.6 Å². The number of sulfonamides is 1. The zero-order valence-corrected chi connectivity index (χ0v) is 17.8. The number of hydrogen-bond donors (Lipinski definition) is 3. The van der Waals surface area contributed by atoms with Gasteiger partial charge in [0.15, 0.2) is 5.16 Å². The van der Waals surface area contributed by atoms with E-state index in [9.17, 15) is 13.2 Å².